The number of benzene rings is 1. The number of carboxylic acids is 1. The van der Waals surface area contributed by atoms with E-state index in [4.69, 9.17) is 14.2 Å². The van der Waals surface area contributed by atoms with Crippen molar-refractivity contribution in [1.82, 2.24) is 4.90 Å². The maximum atomic E-state index is 11.5. The number of carbonyl (C=O) groups is 2. The van der Waals surface area contributed by atoms with Gasteiger partial charge in [0.15, 0.2) is 17.5 Å². The Bertz CT molecular complexity index is 543. The monoisotopic (exact) mass is 297 g/mol. The van der Waals surface area contributed by atoms with Crippen LogP contribution in [0.1, 0.15) is 18.5 Å². The van der Waals surface area contributed by atoms with E-state index in [0.717, 1.165) is 4.90 Å². The summed E-state index contributed by atoms with van der Waals surface area (Å²) < 4.78 is 15.6. The van der Waals surface area contributed by atoms with Crippen molar-refractivity contribution in [2.45, 2.75) is 13.0 Å². The Hall–Kier alpha value is -2.44. The summed E-state index contributed by atoms with van der Waals surface area (Å²) in [6.45, 7) is 1.29. The van der Waals surface area contributed by atoms with Crippen LogP contribution in [0.25, 0.3) is 0 Å². The predicted octanol–water partition coefficient (Wildman–Crippen LogP) is 1.32. The van der Waals surface area contributed by atoms with Gasteiger partial charge in [-0.1, -0.05) is 0 Å². The second-order valence-electron chi connectivity index (χ2n) is 4.29. The van der Waals surface area contributed by atoms with Gasteiger partial charge < -0.3 is 24.2 Å². The number of likely N-dealkylation sites (N-methyl/N-ethyl adjacent to an activating group) is 1. The van der Waals surface area contributed by atoms with Crippen LogP contribution in [0.3, 0.4) is 0 Å². The highest BCUT2D eigenvalue weighted by Crippen LogP contribution is 2.43. The summed E-state index contributed by atoms with van der Waals surface area (Å²) in [5.41, 5.74) is 0.306. The standard InChI is InChI=1S/C14H19NO6/c1-8(16)15(2)11(14(17)18)9-6-7-10(19-3)13(21-5)12(9)20-4/h6-7,11H,1-5H3,(H,17,18). The largest absolute Gasteiger partial charge is 0.493 e. The summed E-state index contributed by atoms with van der Waals surface area (Å²) in [5.74, 6) is -0.636. The maximum absolute atomic E-state index is 11.5. The van der Waals surface area contributed by atoms with Crippen LogP contribution in [0.5, 0.6) is 17.2 Å². The average molecular weight is 297 g/mol. The molecule has 1 aromatic rings. The molecule has 0 aliphatic carbocycles. The number of aliphatic carboxylic acids is 1. The minimum Gasteiger partial charge on any atom is -0.493 e. The Morgan fingerprint density at radius 2 is 1.67 bits per heavy atom. The molecule has 1 aromatic carbocycles. The number of ether oxygens (including phenoxy) is 3. The molecule has 0 aliphatic rings. The average Bonchev–Trinajstić information content (AvgIpc) is 2.45. The first kappa shape index (κ1) is 16.6. The highest BCUT2D eigenvalue weighted by molar-refractivity contribution is 5.84. The van der Waals surface area contributed by atoms with Gasteiger partial charge in [0.2, 0.25) is 11.7 Å². The van der Waals surface area contributed by atoms with E-state index < -0.39 is 12.0 Å². The van der Waals surface area contributed by atoms with Crippen molar-refractivity contribution in [3.05, 3.63) is 17.7 Å². The fourth-order valence-electron chi connectivity index (χ4n) is 2.03. The van der Waals surface area contributed by atoms with E-state index in [-0.39, 0.29) is 17.4 Å². The molecule has 0 aromatic heterocycles. The molecule has 0 bridgehead atoms. The molecule has 1 N–H and O–H groups in total. The first-order valence-electron chi connectivity index (χ1n) is 6.14. The number of rotatable bonds is 6. The molecule has 7 heteroatoms. The molecule has 1 rings (SSSR count). The molecule has 1 unspecified atom stereocenters. The highest BCUT2D eigenvalue weighted by atomic mass is 16.5. The fraction of sp³-hybridized carbons (Fsp3) is 0.429. The zero-order valence-electron chi connectivity index (χ0n) is 12.7. The van der Waals surface area contributed by atoms with E-state index in [1.165, 1.54) is 35.3 Å². The molecular formula is C14H19NO6. The second kappa shape index (κ2) is 6.83. The number of hydrogen-bond donors (Lipinski definition) is 1. The van der Waals surface area contributed by atoms with Crippen LogP contribution in [0.15, 0.2) is 12.1 Å². The van der Waals surface area contributed by atoms with Crippen molar-refractivity contribution in [3.8, 4) is 17.2 Å². The van der Waals surface area contributed by atoms with E-state index in [9.17, 15) is 14.7 Å². The lowest BCUT2D eigenvalue weighted by atomic mass is 10.0. The molecule has 7 nitrogen and oxygen atoms in total. The molecule has 0 saturated carbocycles. The van der Waals surface area contributed by atoms with Gasteiger partial charge in [-0.05, 0) is 12.1 Å². The van der Waals surface area contributed by atoms with Crippen molar-refractivity contribution in [2.75, 3.05) is 28.4 Å². The summed E-state index contributed by atoms with van der Waals surface area (Å²) in [4.78, 5) is 24.2. The Morgan fingerprint density at radius 1 is 1.10 bits per heavy atom. The Morgan fingerprint density at radius 3 is 2.05 bits per heavy atom. The molecule has 116 valence electrons. The van der Waals surface area contributed by atoms with Gasteiger partial charge in [-0.25, -0.2) is 4.79 Å². The third kappa shape index (κ3) is 3.18. The van der Waals surface area contributed by atoms with Crippen LogP contribution < -0.4 is 14.2 Å². The zero-order valence-corrected chi connectivity index (χ0v) is 12.7. The van der Waals surface area contributed by atoms with Crippen LogP contribution in [0.2, 0.25) is 0 Å². The van der Waals surface area contributed by atoms with E-state index in [1.54, 1.807) is 12.1 Å². The number of amides is 1. The molecule has 0 spiro atoms. The number of hydrogen-bond acceptors (Lipinski definition) is 5. The summed E-state index contributed by atoms with van der Waals surface area (Å²) in [6.07, 6.45) is 0. The summed E-state index contributed by atoms with van der Waals surface area (Å²) in [5, 5.41) is 9.43. The normalized spacial score (nSPS) is 11.5. The Balaban J connectivity index is 3.52. The third-order valence-corrected chi connectivity index (χ3v) is 3.15. The van der Waals surface area contributed by atoms with Gasteiger partial charge in [0.05, 0.1) is 21.3 Å². The number of carboxylic acid groups (broad SMARTS) is 1. The summed E-state index contributed by atoms with van der Waals surface area (Å²) in [6, 6.07) is 1.93. The van der Waals surface area contributed by atoms with E-state index in [2.05, 4.69) is 0 Å². The van der Waals surface area contributed by atoms with Gasteiger partial charge in [-0.3, -0.25) is 4.79 Å². The Labute approximate surface area is 123 Å². The third-order valence-electron chi connectivity index (χ3n) is 3.15. The molecule has 1 amide bonds. The van der Waals surface area contributed by atoms with Gasteiger partial charge >= 0.3 is 5.97 Å². The Kier molecular flexibility index (Phi) is 5.40. The van der Waals surface area contributed by atoms with Crippen molar-refractivity contribution in [3.63, 3.8) is 0 Å². The molecule has 1 atom stereocenters. The van der Waals surface area contributed by atoms with E-state index >= 15 is 0 Å². The zero-order chi connectivity index (χ0) is 16.2. The summed E-state index contributed by atoms with van der Waals surface area (Å²) >= 11 is 0. The van der Waals surface area contributed by atoms with Gasteiger partial charge in [0.25, 0.3) is 0 Å². The lowest BCUT2D eigenvalue weighted by Crippen LogP contribution is -2.34. The molecule has 0 heterocycles. The molecule has 21 heavy (non-hydrogen) atoms. The quantitative estimate of drug-likeness (QED) is 0.852. The van der Waals surface area contributed by atoms with Crippen molar-refractivity contribution in [1.29, 1.82) is 0 Å². The molecule has 0 fully saturated rings. The summed E-state index contributed by atoms with van der Waals surface area (Å²) in [7, 11) is 5.70. The van der Waals surface area contributed by atoms with Crippen LogP contribution >= 0.6 is 0 Å². The molecular weight excluding hydrogens is 278 g/mol. The fourth-order valence-corrected chi connectivity index (χ4v) is 2.03. The van der Waals surface area contributed by atoms with Crippen molar-refractivity contribution in [2.24, 2.45) is 0 Å². The second-order valence-corrected chi connectivity index (χ2v) is 4.29. The van der Waals surface area contributed by atoms with Crippen LogP contribution in [0, 0.1) is 0 Å². The maximum Gasteiger partial charge on any atom is 0.331 e. The number of methoxy groups -OCH3 is 3. The number of nitrogens with zero attached hydrogens (tertiary/aromatic N) is 1. The topological polar surface area (TPSA) is 85.3 Å². The predicted molar refractivity (Wildman–Crippen MR) is 74.9 cm³/mol. The molecule has 0 aliphatic heterocycles. The SMILES string of the molecule is COc1ccc(C(C(=O)O)N(C)C(C)=O)c(OC)c1OC. The van der Waals surface area contributed by atoms with Gasteiger partial charge in [0, 0.05) is 19.5 Å². The smallest absolute Gasteiger partial charge is 0.331 e. The van der Waals surface area contributed by atoms with Crippen LogP contribution in [-0.4, -0.2) is 50.3 Å². The highest BCUT2D eigenvalue weighted by Gasteiger charge is 2.31. The first-order chi connectivity index (χ1) is 9.88. The van der Waals surface area contributed by atoms with Gasteiger partial charge in [-0.15, -0.1) is 0 Å². The first-order valence-corrected chi connectivity index (χ1v) is 6.14. The minimum absolute atomic E-state index is 0.220. The van der Waals surface area contributed by atoms with Crippen molar-refractivity contribution >= 4 is 11.9 Å². The van der Waals surface area contributed by atoms with Gasteiger partial charge in [0.1, 0.15) is 0 Å². The van der Waals surface area contributed by atoms with Crippen LogP contribution in [-0.2, 0) is 9.59 Å². The van der Waals surface area contributed by atoms with Crippen molar-refractivity contribution < 1.29 is 28.9 Å². The van der Waals surface area contributed by atoms with E-state index in [1.807, 2.05) is 0 Å². The van der Waals surface area contributed by atoms with E-state index in [0.29, 0.717) is 11.3 Å². The lowest BCUT2D eigenvalue weighted by molar-refractivity contribution is -0.148. The molecule has 0 radical (unpaired) electrons. The number of carbonyl (C=O) groups excluding carboxylic acids is 1. The minimum atomic E-state index is -1.18. The van der Waals surface area contributed by atoms with Crippen LogP contribution in [0.4, 0.5) is 0 Å². The molecule has 0 saturated heterocycles. The lowest BCUT2D eigenvalue weighted by Gasteiger charge is -2.26. The van der Waals surface area contributed by atoms with Gasteiger partial charge in [-0.2, -0.15) is 0 Å².